The van der Waals surface area contributed by atoms with Crippen molar-refractivity contribution < 1.29 is 27.4 Å². The number of amides is 1. The quantitative estimate of drug-likeness (QED) is 0.342. The fraction of sp³-hybridized carbons (Fsp3) is 0.200. The molecule has 0 saturated carbocycles. The van der Waals surface area contributed by atoms with Crippen LogP contribution in [0, 0.1) is 0 Å². The summed E-state index contributed by atoms with van der Waals surface area (Å²) in [5.41, 5.74) is 4.06. The van der Waals surface area contributed by atoms with E-state index >= 15 is 0 Å². The van der Waals surface area contributed by atoms with Crippen molar-refractivity contribution in [2.45, 2.75) is 11.3 Å². The zero-order valence-corrected chi connectivity index (χ0v) is 19.9. The molecule has 182 valence electrons. The van der Waals surface area contributed by atoms with Gasteiger partial charge in [-0.15, -0.1) is 0 Å². The molecule has 1 aliphatic rings. The lowest BCUT2D eigenvalue weighted by Crippen LogP contribution is -2.40. The summed E-state index contributed by atoms with van der Waals surface area (Å²) in [7, 11) is -2.44. The average Bonchev–Trinajstić information content (AvgIpc) is 3.35. The van der Waals surface area contributed by atoms with Crippen molar-refractivity contribution in [1.29, 1.82) is 0 Å². The fourth-order valence-electron chi connectivity index (χ4n) is 3.45. The number of nitrogens with zero attached hydrogens (tertiary/aromatic N) is 2. The van der Waals surface area contributed by atoms with Gasteiger partial charge >= 0.3 is 0 Å². The summed E-state index contributed by atoms with van der Waals surface area (Å²) >= 11 is 0. The lowest BCUT2D eigenvalue weighted by molar-refractivity contribution is -0.121. The molecule has 10 heteroatoms. The van der Waals surface area contributed by atoms with Crippen molar-refractivity contribution in [3.8, 4) is 17.2 Å². The van der Waals surface area contributed by atoms with Gasteiger partial charge in [0.05, 0.1) is 24.8 Å². The third kappa shape index (κ3) is 6.17. The van der Waals surface area contributed by atoms with Crippen molar-refractivity contribution >= 4 is 22.1 Å². The smallest absolute Gasteiger partial charge is 0.255 e. The maximum atomic E-state index is 13.3. The molecule has 0 unspecified atom stereocenters. The minimum absolute atomic E-state index is 0.0722. The van der Waals surface area contributed by atoms with E-state index in [1.807, 2.05) is 30.3 Å². The van der Waals surface area contributed by atoms with Crippen LogP contribution in [0.3, 0.4) is 0 Å². The highest BCUT2D eigenvalue weighted by molar-refractivity contribution is 7.89. The Hall–Kier alpha value is -3.89. The highest BCUT2D eigenvalue weighted by Gasteiger charge is 2.26. The van der Waals surface area contributed by atoms with Crippen molar-refractivity contribution in [3.63, 3.8) is 0 Å². The predicted molar refractivity (Wildman–Crippen MR) is 130 cm³/mol. The molecule has 35 heavy (non-hydrogen) atoms. The van der Waals surface area contributed by atoms with Crippen LogP contribution in [0.2, 0.25) is 0 Å². The maximum absolute atomic E-state index is 13.3. The zero-order valence-electron chi connectivity index (χ0n) is 19.1. The molecule has 0 fully saturated rings. The number of rotatable bonds is 10. The van der Waals surface area contributed by atoms with Crippen molar-refractivity contribution in [1.82, 2.24) is 9.73 Å². The predicted octanol–water partition coefficient (Wildman–Crippen LogP) is 2.81. The monoisotopic (exact) mass is 495 g/mol. The first-order valence-corrected chi connectivity index (χ1v) is 12.3. The first kappa shape index (κ1) is 24.2. The molecule has 0 aromatic heterocycles. The standard InChI is InChI=1S/C25H25N3O6S/c1-32-21-8-10-22(11-9-21)35(30,31)28(14-13-19-5-3-2-4-6-19)17-25(29)27-26-16-20-7-12-23-24(15-20)34-18-33-23/h2-12,15-16H,13-14,17-18H2,1H3,(H,27,29)/b26-16-. The highest BCUT2D eigenvalue weighted by atomic mass is 32.2. The molecule has 0 bridgehead atoms. The normalized spacial score (nSPS) is 12.7. The Labute approximate surface area is 204 Å². The first-order valence-electron chi connectivity index (χ1n) is 10.9. The second kappa shape index (κ2) is 11.0. The maximum Gasteiger partial charge on any atom is 0.255 e. The molecule has 3 aromatic rings. The highest BCUT2D eigenvalue weighted by Crippen LogP contribution is 2.32. The Morgan fingerprint density at radius 2 is 1.80 bits per heavy atom. The van der Waals surface area contributed by atoms with Crippen LogP contribution in [0.4, 0.5) is 0 Å². The number of sulfonamides is 1. The number of fused-ring (bicyclic) bond motifs is 1. The van der Waals surface area contributed by atoms with Gasteiger partial charge in [-0.2, -0.15) is 9.41 Å². The number of hydrogen-bond acceptors (Lipinski definition) is 7. The third-order valence-electron chi connectivity index (χ3n) is 5.31. The van der Waals surface area contributed by atoms with Gasteiger partial charge in [0.1, 0.15) is 5.75 Å². The van der Waals surface area contributed by atoms with Gasteiger partial charge in [-0.1, -0.05) is 30.3 Å². The molecule has 9 nitrogen and oxygen atoms in total. The summed E-state index contributed by atoms with van der Waals surface area (Å²) in [5.74, 6) is 1.21. The van der Waals surface area contributed by atoms with Crippen LogP contribution in [-0.2, 0) is 21.2 Å². The van der Waals surface area contributed by atoms with E-state index in [2.05, 4.69) is 10.5 Å². The molecule has 0 radical (unpaired) electrons. The van der Waals surface area contributed by atoms with Gasteiger partial charge in [-0.3, -0.25) is 4.79 Å². The Morgan fingerprint density at radius 3 is 2.54 bits per heavy atom. The van der Waals surface area contributed by atoms with E-state index in [4.69, 9.17) is 14.2 Å². The molecule has 3 aromatic carbocycles. The van der Waals surface area contributed by atoms with Crippen LogP contribution in [0.1, 0.15) is 11.1 Å². The lowest BCUT2D eigenvalue weighted by atomic mass is 10.1. The van der Waals surface area contributed by atoms with Crippen molar-refractivity contribution in [2.24, 2.45) is 5.10 Å². The summed E-state index contributed by atoms with van der Waals surface area (Å²) in [6.45, 7) is -0.106. The van der Waals surface area contributed by atoms with Gasteiger partial charge in [-0.05, 0) is 60.0 Å². The Morgan fingerprint density at radius 1 is 1.06 bits per heavy atom. The number of carbonyl (C=O) groups is 1. The second-order valence-corrected chi connectivity index (χ2v) is 9.59. The van der Waals surface area contributed by atoms with Gasteiger partial charge in [0.25, 0.3) is 5.91 Å². The summed E-state index contributed by atoms with van der Waals surface area (Å²) in [6, 6.07) is 20.8. The molecule has 1 N–H and O–H groups in total. The van der Waals surface area contributed by atoms with Gasteiger partial charge in [-0.25, -0.2) is 13.8 Å². The van der Waals surface area contributed by atoms with E-state index < -0.39 is 15.9 Å². The van der Waals surface area contributed by atoms with E-state index in [1.54, 1.807) is 30.3 Å². The van der Waals surface area contributed by atoms with Gasteiger partial charge in [0, 0.05) is 6.54 Å². The average molecular weight is 496 g/mol. The first-order chi connectivity index (χ1) is 17.0. The molecule has 0 spiro atoms. The zero-order chi connectivity index (χ0) is 24.7. The molecular formula is C25H25N3O6S. The van der Waals surface area contributed by atoms with E-state index in [-0.39, 0.29) is 24.8 Å². The van der Waals surface area contributed by atoms with Crippen LogP contribution in [0.15, 0.2) is 82.8 Å². The second-order valence-electron chi connectivity index (χ2n) is 7.66. The number of carbonyl (C=O) groups excluding carboxylic acids is 1. The van der Waals surface area contributed by atoms with Gasteiger partial charge in [0.15, 0.2) is 11.5 Å². The summed E-state index contributed by atoms with van der Waals surface area (Å²) in [6.07, 6.45) is 1.90. The molecule has 0 aliphatic carbocycles. The largest absolute Gasteiger partial charge is 0.497 e. The number of nitrogens with one attached hydrogen (secondary N) is 1. The van der Waals surface area contributed by atoms with E-state index in [9.17, 15) is 13.2 Å². The molecular weight excluding hydrogens is 470 g/mol. The number of hydrazone groups is 1. The van der Waals surface area contributed by atoms with Crippen LogP contribution >= 0.6 is 0 Å². The Kier molecular flexibility index (Phi) is 7.64. The van der Waals surface area contributed by atoms with E-state index in [0.717, 1.165) is 9.87 Å². The minimum Gasteiger partial charge on any atom is -0.497 e. The lowest BCUT2D eigenvalue weighted by Gasteiger charge is -2.21. The molecule has 0 saturated heterocycles. The minimum atomic E-state index is -3.94. The van der Waals surface area contributed by atoms with Gasteiger partial charge < -0.3 is 14.2 Å². The van der Waals surface area contributed by atoms with Crippen LogP contribution in [0.25, 0.3) is 0 Å². The summed E-state index contributed by atoms with van der Waals surface area (Å²) in [5, 5.41) is 3.96. The van der Waals surface area contributed by atoms with E-state index in [1.165, 1.54) is 25.5 Å². The molecule has 0 atom stereocenters. The number of methoxy groups -OCH3 is 1. The van der Waals surface area contributed by atoms with Crippen molar-refractivity contribution in [2.75, 3.05) is 27.0 Å². The SMILES string of the molecule is COc1ccc(S(=O)(=O)N(CCc2ccccc2)CC(=O)N/N=C\c2ccc3c(c2)OCO3)cc1. The molecule has 1 aliphatic heterocycles. The van der Waals surface area contributed by atoms with Crippen LogP contribution in [-0.4, -0.2) is 51.8 Å². The molecule has 4 rings (SSSR count). The third-order valence-corrected chi connectivity index (χ3v) is 7.17. The van der Waals surface area contributed by atoms with Crippen LogP contribution < -0.4 is 19.6 Å². The van der Waals surface area contributed by atoms with Gasteiger partial charge in [0.2, 0.25) is 16.8 Å². The van der Waals surface area contributed by atoms with Crippen molar-refractivity contribution in [3.05, 3.63) is 83.9 Å². The topological polar surface area (TPSA) is 107 Å². The Bertz CT molecular complexity index is 1290. The van der Waals surface area contributed by atoms with Crippen LogP contribution in [0.5, 0.6) is 17.2 Å². The molecule has 1 heterocycles. The fourth-order valence-corrected chi connectivity index (χ4v) is 4.84. The number of hydrogen-bond donors (Lipinski definition) is 1. The number of ether oxygens (including phenoxy) is 3. The van der Waals surface area contributed by atoms with E-state index in [0.29, 0.717) is 29.2 Å². The summed E-state index contributed by atoms with van der Waals surface area (Å²) < 4.78 is 43.5. The summed E-state index contributed by atoms with van der Waals surface area (Å²) in [4.78, 5) is 12.7. The number of benzene rings is 3. The Balaban J connectivity index is 1.46. The molecule has 1 amide bonds.